The van der Waals surface area contributed by atoms with Crippen LogP contribution in [0.1, 0.15) is 36.8 Å². The Morgan fingerprint density at radius 1 is 1.12 bits per heavy atom. The topological polar surface area (TPSA) is 86.6 Å². The molecule has 0 N–H and O–H groups in total. The minimum Gasteiger partial charge on any atom is -0.484 e. The molecule has 33 heavy (non-hydrogen) atoms. The highest BCUT2D eigenvalue weighted by Gasteiger charge is 2.45. The van der Waals surface area contributed by atoms with E-state index in [9.17, 15) is 4.79 Å². The van der Waals surface area contributed by atoms with Crippen LogP contribution in [-0.2, 0) is 4.79 Å². The molecular weight excluding hydrogens is 424 g/mol. The zero-order valence-corrected chi connectivity index (χ0v) is 17.8. The van der Waals surface area contributed by atoms with E-state index in [1.54, 1.807) is 30.7 Å². The number of benzene rings is 1. The highest BCUT2D eigenvalue weighted by molar-refractivity contribution is 6.08. The molecule has 1 amide bonds. The van der Waals surface area contributed by atoms with Gasteiger partial charge in [0.2, 0.25) is 6.79 Å². The number of carbonyl (C=O) groups excluding carboxylic acids is 1. The van der Waals surface area contributed by atoms with Crippen molar-refractivity contribution in [2.24, 2.45) is 11.0 Å². The van der Waals surface area contributed by atoms with Crippen molar-refractivity contribution in [1.82, 2.24) is 5.01 Å². The number of allylic oxidation sites excluding steroid dienone is 1. The molecule has 0 saturated heterocycles. The standard InChI is InChI=1S/C25H22N2O6/c28-23(14-31-18-8-9-20-22(13-18)33-15-32-20)27-25(21-7-3-11-30-21)19-6-1-4-16(24(19)26-27)12-17-5-2-10-29-17/h2-3,5,7-13,19,25H,1,4,6,14-15H2/b16-12+. The number of carbonyl (C=O) groups is 1. The molecule has 2 atom stereocenters. The van der Waals surface area contributed by atoms with E-state index in [2.05, 4.69) is 0 Å². The number of ether oxygens (including phenoxy) is 3. The Bertz CT molecular complexity index is 1210. The molecule has 1 aliphatic carbocycles. The van der Waals surface area contributed by atoms with Crippen LogP contribution < -0.4 is 14.2 Å². The molecule has 6 rings (SSSR count). The lowest BCUT2D eigenvalue weighted by molar-refractivity contribution is -0.136. The first-order valence-electron chi connectivity index (χ1n) is 11.0. The molecule has 1 saturated carbocycles. The Kier molecular flexibility index (Phi) is 4.90. The van der Waals surface area contributed by atoms with Gasteiger partial charge in [-0.1, -0.05) is 0 Å². The van der Waals surface area contributed by atoms with E-state index < -0.39 is 0 Å². The summed E-state index contributed by atoms with van der Waals surface area (Å²) in [5, 5.41) is 6.31. The summed E-state index contributed by atoms with van der Waals surface area (Å²) in [4.78, 5) is 13.3. The molecule has 3 aromatic rings. The summed E-state index contributed by atoms with van der Waals surface area (Å²) >= 11 is 0. The van der Waals surface area contributed by atoms with Crippen LogP contribution in [-0.4, -0.2) is 30.0 Å². The largest absolute Gasteiger partial charge is 0.484 e. The van der Waals surface area contributed by atoms with Crippen LogP contribution in [0.3, 0.4) is 0 Å². The predicted molar refractivity (Wildman–Crippen MR) is 118 cm³/mol. The number of hydrogen-bond donors (Lipinski definition) is 0. The third kappa shape index (κ3) is 3.67. The lowest BCUT2D eigenvalue weighted by Crippen LogP contribution is -2.34. The Hall–Kier alpha value is -3.94. The molecule has 4 heterocycles. The van der Waals surface area contributed by atoms with Crippen molar-refractivity contribution in [1.29, 1.82) is 0 Å². The first-order chi connectivity index (χ1) is 16.3. The number of nitrogens with zero attached hydrogens (tertiary/aromatic N) is 2. The molecule has 3 aliphatic rings. The Balaban J connectivity index is 1.27. The van der Waals surface area contributed by atoms with E-state index in [1.807, 2.05) is 30.3 Å². The minimum atomic E-state index is -0.303. The first kappa shape index (κ1) is 19.7. The van der Waals surface area contributed by atoms with Crippen LogP contribution in [0.4, 0.5) is 0 Å². The quantitative estimate of drug-likeness (QED) is 0.559. The molecule has 1 fully saturated rings. The van der Waals surface area contributed by atoms with Crippen molar-refractivity contribution in [3.05, 3.63) is 72.1 Å². The van der Waals surface area contributed by atoms with Gasteiger partial charge in [0.25, 0.3) is 5.91 Å². The van der Waals surface area contributed by atoms with Gasteiger partial charge in [0.15, 0.2) is 18.1 Å². The van der Waals surface area contributed by atoms with Crippen LogP contribution >= 0.6 is 0 Å². The van der Waals surface area contributed by atoms with E-state index in [0.29, 0.717) is 17.2 Å². The predicted octanol–water partition coefficient (Wildman–Crippen LogP) is 4.80. The maximum atomic E-state index is 13.3. The van der Waals surface area contributed by atoms with Crippen LogP contribution in [0.2, 0.25) is 0 Å². The Morgan fingerprint density at radius 2 is 2.00 bits per heavy atom. The zero-order chi connectivity index (χ0) is 22.2. The molecule has 8 heteroatoms. The molecule has 1 aromatic carbocycles. The third-order valence-corrected chi connectivity index (χ3v) is 6.16. The van der Waals surface area contributed by atoms with Gasteiger partial charge in [-0.3, -0.25) is 4.79 Å². The summed E-state index contributed by atoms with van der Waals surface area (Å²) in [6.07, 6.45) is 8.10. The van der Waals surface area contributed by atoms with E-state index in [-0.39, 0.29) is 31.3 Å². The van der Waals surface area contributed by atoms with E-state index >= 15 is 0 Å². The molecule has 8 nitrogen and oxygen atoms in total. The van der Waals surface area contributed by atoms with Gasteiger partial charge < -0.3 is 23.0 Å². The molecule has 2 unspecified atom stereocenters. The van der Waals surface area contributed by atoms with Crippen molar-refractivity contribution in [3.63, 3.8) is 0 Å². The number of furan rings is 2. The number of hydrazone groups is 1. The normalized spacial score (nSPS) is 22.4. The van der Waals surface area contributed by atoms with Crippen molar-refractivity contribution in [2.45, 2.75) is 25.3 Å². The van der Waals surface area contributed by atoms with Gasteiger partial charge in [0.1, 0.15) is 23.3 Å². The van der Waals surface area contributed by atoms with Gasteiger partial charge in [-0.05, 0) is 67.3 Å². The van der Waals surface area contributed by atoms with Gasteiger partial charge in [-0.15, -0.1) is 0 Å². The van der Waals surface area contributed by atoms with Crippen LogP contribution in [0.15, 0.2) is 74.5 Å². The van der Waals surface area contributed by atoms with Crippen molar-refractivity contribution in [2.75, 3.05) is 13.4 Å². The fourth-order valence-electron chi connectivity index (χ4n) is 4.67. The summed E-state index contributed by atoms with van der Waals surface area (Å²) in [6, 6.07) is 12.4. The highest BCUT2D eigenvalue weighted by atomic mass is 16.7. The molecule has 0 radical (unpaired) electrons. The van der Waals surface area contributed by atoms with Gasteiger partial charge >= 0.3 is 0 Å². The molecule has 0 bridgehead atoms. The first-order valence-corrected chi connectivity index (χ1v) is 11.0. The molecule has 2 aliphatic heterocycles. The van der Waals surface area contributed by atoms with E-state index in [0.717, 1.165) is 42.1 Å². The maximum Gasteiger partial charge on any atom is 0.281 e. The lowest BCUT2D eigenvalue weighted by Gasteiger charge is -2.27. The second-order valence-corrected chi connectivity index (χ2v) is 8.17. The second kappa shape index (κ2) is 8.20. The maximum absolute atomic E-state index is 13.3. The van der Waals surface area contributed by atoms with E-state index in [4.69, 9.17) is 28.1 Å². The summed E-state index contributed by atoms with van der Waals surface area (Å²) < 4.78 is 27.7. The fraction of sp³-hybridized carbons (Fsp3) is 0.280. The third-order valence-electron chi connectivity index (χ3n) is 6.16. The van der Waals surface area contributed by atoms with E-state index in [1.165, 1.54) is 5.01 Å². The summed E-state index contributed by atoms with van der Waals surface area (Å²) in [5.74, 6) is 3.11. The smallest absolute Gasteiger partial charge is 0.281 e. The number of hydrogen-bond acceptors (Lipinski definition) is 7. The number of fused-ring (bicyclic) bond motifs is 2. The summed E-state index contributed by atoms with van der Waals surface area (Å²) in [5.41, 5.74) is 2.00. The number of rotatable bonds is 5. The van der Waals surface area contributed by atoms with Crippen molar-refractivity contribution >= 4 is 17.7 Å². The van der Waals surface area contributed by atoms with Gasteiger partial charge in [0.05, 0.1) is 18.2 Å². The second-order valence-electron chi connectivity index (χ2n) is 8.17. The van der Waals surface area contributed by atoms with Crippen LogP contribution in [0.5, 0.6) is 17.2 Å². The van der Waals surface area contributed by atoms with Gasteiger partial charge in [-0.25, -0.2) is 5.01 Å². The van der Waals surface area contributed by atoms with Crippen LogP contribution in [0.25, 0.3) is 6.08 Å². The minimum absolute atomic E-state index is 0.0561. The summed E-state index contributed by atoms with van der Waals surface area (Å²) in [6.45, 7) is 0.0284. The zero-order valence-electron chi connectivity index (χ0n) is 17.8. The Morgan fingerprint density at radius 3 is 2.85 bits per heavy atom. The van der Waals surface area contributed by atoms with Crippen molar-refractivity contribution in [3.8, 4) is 17.2 Å². The lowest BCUT2D eigenvalue weighted by atomic mass is 9.79. The molecular formula is C25H22N2O6. The Labute approximate surface area is 190 Å². The van der Waals surface area contributed by atoms with Gasteiger partial charge in [-0.2, -0.15) is 5.10 Å². The molecule has 168 valence electrons. The van der Waals surface area contributed by atoms with Crippen LogP contribution in [0, 0.1) is 5.92 Å². The molecule has 2 aromatic heterocycles. The van der Waals surface area contributed by atoms with Crippen molar-refractivity contribution < 1.29 is 27.8 Å². The van der Waals surface area contributed by atoms with Gasteiger partial charge in [0, 0.05) is 12.0 Å². The average molecular weight is 446 g/mol. The average Bonchev–Trinajstić information content (AvgIpc) is 3.63. The highest BCUT2D eigenvalue weighted by Crippen LogP contribution is 2.44. The molecule has 0 spiro atoms. The fourth-order valence-corrected chi connectivity index (χ4v) is 4.67. The monoisotopic (exact) mass is 446 g/mol. The SMILES string of the molecule is O=C(COc1ccc2c(c1)OCO2)N1N=C2/C(=C/c3ccco3)CCCC2C1c1ccco1. The summed E-state index contributed by atoms with van der Waals surface area (Å²) in [7, 11) is 0. The number of amides is 1.